The van der Waals surface area contributed by atoms with Crippen LogP contribution in [0.2, 0.25) is 0 Å². The molecular formula is C6H8BNO4. The first-order valence-electron chi connectivity index (χ1n) is 3.89. The average molecular weight is 169 g/mol. The van der Waals surface area contributed by atoms with Crippen molar-refractivity contribution in [1.82, 2.24) is 4.81 Å². The van der Waals surface area contributed by atoms with Gasteiger partial charge in [0.05, 0.1) is 12.8 Å². The standard InChI is InChI=1S/C6H8BNO4/c9-5-1-3-8-4-2-6(10)12-7(8)11-5/h1-4H2. The third kappa shape index (κ3) is 1.29. The van der Waals surface area contributed by atoms with Crippen molar-refractivity contribution in [3.8, 4) is 0 Å². The zero-order valence-corrected chi connectivity index (χ0v) is 6.49. The molecule has 2 aliphatic rings. The average Bonchev–Trinajstić information content (AvgIpc) is 2.03. The molecule has 2 rings (SSSR count). The Bertz CT molecular complexity index is 210. The van der Waals surface area contributed by atoms with E-state index in [-0.39, 0.29) is 11.9 Å². The third-order valence-electron chi connectivity index (χ3n) is 1.97. The molecule has 0 atom stereocenters. The van der Waals surface area contributed by atoms with Gasteiger partial charge in [0.1, 0.15) is 0 Å². The predicted molar refractivity (Wildman–Crippen MR) is 38.7 cm³/mol. The Morgan fingerprint density at radius 2 is 1.58 bits per heavy atom. The van der Waals surface area contributed by atoms with Crippen molar-refractivity contribution in [1.29, 1.82) is 0 Å². The van der Waals surface area contributed by atoms with E-state index in [1.807, 2.05) is 4.81 Å². The smallest absolute Gasteiger partial charge is 0.485 e. The van der Waals surface area contributed by atoms with Crippen LogP contribution in [0.3, 0.4) is 0 Å². The molecule has 0 aromatic carbocycles. The number of hydrogen-bond acceptors (Lipinski definition) is 5. The van der Waals surface area contributed by atoms with Gasteiger partial charge >= 0.3 is 7.25 Å². The number of hydrogen-bond donors (Lipinski definition) is 0. The van der Waals surface area contributed by atoms with Crippen LogP contribution in [0.5, 0.6) is 0 Å². The summed E-state index contributed by atoms with van der Waals surface area (Å²) in [6.07, 6.45) is 0.766. The van der Waals surface area contributed by atoms with Crippen molar-refractivity contribution in [2.24, 2.45) is 0 Å². The summed E-state index contributed by atoms with van der Waals surface area (Å²) < 4.78 is 9.61. The van der Waals surface area contributed by atoms with E-state index >= 15 is 0 Å². The SMILES string of the molecule is O=C1CCN2CCC(=O)OB2O1. The van der Waals surface area contributed by atoms with Crippen LogP contribution in [0.25, 0.3) is 0 Å². The Kier molecular flexibility index (Phi) is 1.76. The van der Waals surface area contributed by atoms with Crippen molar-refractivity contribution in [2.45, 2.75) is 12.8 Å². The van der Waals surface area contributed by atoms with Crippen LogP contribution in [-0.4, -0.2) is 37.1 Å². The van der Waals surface area contributed by atoms with Gasteiger partial charge in [-0.15, -0.1) is 0 Å². The summed E-state index contributed by atoms with van der Waals surface area (Å²) in [5.41, 5.74) is 0. The fourth-order valence-electron chi connectivity index (χ4n) is 1.31. The summed E-state index contributed by atoms with van der Waals surface area (Å²) in [5, 5.41) is 0. The number of carbonyl (C=O) groups is 2. The molecule has 0 amide bonds. The van der Waals surface area contributed by atoms with E-state index in [2.05, 4.69) is 0 Å². The van der Waals surface area contributed by atoms with Crippen LogP contribution < -0.4 is 0 Å². The van der Waals surface area contributed by atoms with E-state index in [4.69, 9.17) is 9.31 Å². The second-order valence-electron chi connectivity index (χ2n) is 2.82. The summed E-state index contributed by atoms with van der Waals surface area (Å²) in [7, 11) is -0.757. The minimum atomic E-state index is -0.757. The normalized spacial score (nSPS) is 24.5. The predicted octanol–water partition coefficient (Wildman–Crippen LogP) is -0.833. The molecule has 0 saturated carbocycles. The van der Waals surface area contributed by atoms with Crippen molar-refractivity contribution in [3.63, 3.8) is 0 Å². The number of rotatable bonds is 0. The lowest BCUT2D eigenvalue weighted by Gasteiger charge is -2.32. The molecule has 0 radical (unpaired) electrons. The highest BCUT2D eigenvalue weighted by Crippen LogP contribution is 2.14. The maximum Gasteiger partial charge on any atom is 0.705 e. The second-order valence-corrected chi connectivity index (χ2v) is 2.82. The topological polar surface area (TPSA) is 55.8 Å². The highest BCUT2D eigenvalue weighted by Gasteiger charge is 2.43. The monoisotopic (exact) mass is 169 g/mol. The van der Waals surface area contributed by atoms with Gasteiger partial charge in [0.15, 0.2) is 0 Å². The van der Waals surface area contributed by atoms with E-state index < -0.39 is 7.25 Å². The lowest BCUT2D eigenvalue weighted by Crippen LogP contribution is -2.55. The van der Waals surface area contributed by atoms with E-state index in [0.29, 0.717) is 25.9 Å². The highest BCUT2D eigenvalue weighted by molar-refractivity contribution is 6.47. The van der Waals surface area contributed by atoms with Gasteiger partial charge in [-0.25, -0.2) is 0 Å². The van der Waals surface area contributed by atoms with Crippen molar-refractivity contribution in [3.05, 3.63) is 0 Å². The summed E-state index contributed by atoms with van der Waals surface area (Å²) in [6.45, 7) is 1.24. The van der Waals surface area contributed by atoms with Crippen molar-refractivity contribution in [2.75, 3.05) is 13.1 Å². The quantitative estimate of drug-likeness (QED) is 0.443. The van der Waals surface area contributed by atoms with Gasteiger partial charge in [-0.1, -0.05) is 0 Å². The van der Waals surface area contributed by atoms with Gasteiger partial charge in [0.25, 0.3) is 11.9 Å². The van der Waals surface area contributed by atoms with Crippen molar-refractivity contribution >= 4 is 19.2 Å². The molecule has 12 heavy (non-hydrogen) atoms. The van der Waals surface area contributed by atoms with Gasteiger partial charge in [0.2, 0.25) is 0 Å². The molecule has 0 aliphatic carbocycles. The van der Waals surface area contributed by atoms with Crippen molar-refractivity contribution < 1.29 is 18.9 Å². The van der Waals surface area contributed by atoms with Gasteiger partial charge in [0, 0.05) is 13.1 Å². The van der Waals surface area contributed by atoms with Crippen LogP contribution in [0.4, 0.5) is 0 Å². The fourth-order valence-corrected chi connectivity index (χ4v) is 1.31. The molecule has 5 nitrogen and oxygen atoms in total. The summed E-state index contributed by atoms with van der Waals surface area (Å²) in [5.74, 6) is -0.600. The molecule has 2 fully saturated rings. The summed E-state index contributed by atoms with van der Waals surface area (Å²) >= 11 is 0. The van der Waals surface area contributed by atoms with E-state index in [9.17, 15) is 9.59 Å². The zero-order valence-electron chi connectivity index (χ0n) is 6.49. The molecule has 0 aromatic rings. The molecule has 64 valence electrons. The van der Waals surface area contributed by atoms with Crippen LogP contribution in [0.15, 0.2) is 0 Å². The number of carbonyl (C=O) groups excluding carboxylic acids is 2. The van der Waals surface area contributed by atoms with E-state index in [1.165, 1.54) is 0 Å². The zero-order chi connectivity index (χ0) is 8.55. The highest BCUT2D eigenvalue weighted by atomic mass is 16.7. The van der Waals surface area contributed by atoms with Crippen LogP contribution in [-0.2, 0) is 18.9 Å². The first-order valence-corrected chi connectivity index (χ1v) is 3.89. The molecule has 6 heteroatoms. The second kappa shape index (κ2) is 2.78. The molecule has 2 aliphatic heterocycles. The summed E-state index contributed by atoms with van der Waals surface area (Å²) in [4.78, 5) is 23.4. The molecule has 2 heterocycles. The van der Waals surface area contributed by atoms with Gasteiger partial charge in [-0.05, 0) is 0 Å². The first-order chi connectivity index (χ1) is 5.75. The van der Waals surface area contributed by atoms with Gasteiger partial charge < -0.3 is 9.31 Å². The number of fused-ring (bicyclic) bond motifs is 1. The molecule has 0 unspecified atom stereocenters. The van der Waals surface area contributed by atoms with E-state index in [1.54, 1.807) is 0 Å². The molecular weight excluding hydrogens is 161 g/mol. The third-order valence-corrected chi connectivity index (χ3v) is 1.97. The largest absolute Gasteiger partial charge is 0.705 e. The van der Waals surface area contributed by atoms with Gasteiger partial charge in [-0.3, -0.25) is 14.4 Å². The molecule has 0 aromatic heterocycles. The van der Waals surface area contributed by atoms with E-state index in [0.717, 1.165) is 0 Å². The van der Waals surface area contributed by atoms with Gasteiger partial charge in [-0.2, -0.15) is 0 Å². The van der Waals surface area contributed by atoms with Crippen LogP contribution in [0, 0.1) is 0 Å². The Labute approximate surface area is 69.8 Å². The molecule has 0 bridgehead atoms. The molecule has 2 saturated heterocycles. The molecule has 0 spiro atoms. The maximum absolute atomic E-state index is 10.8. The Balaban J connectivity index is 2.03. The summed E-state index contributed by atoms with van der Waals surface area (Å²) in [6, 6.07) is 0. The van der Waals surface area contributed by atoms with Crippen LogP contribution in [0.1, 0.15) is 12.8 Å². The molecule has 0 N–H and O–H groups in total. The Morgan fingerprint density at radius 3 is 2.08 bits per heavy atom. The lowest BCUT2D eigenvalue weighted by atomic mass is 9.97. The minimum Gasteiger partial charge on any atom is -0.485 e. The Morgan fingerprint density at radius 1 is 1.08 bits per heavy atom. The first kappa shape index (κ1) is 7.61. The fraction of sp³-hybridized carbons (Fsp3) is 0.667. The number of nitrogens with zero attached hydrogens (tertiary/aromatic N) is 1. The lowest BCUT2D eigenvalue weighted by molar-refractivity contribution is -0.147. The maximum atomic E-state index is 10.8. The van der Waals surface area contributed by atoms with Crippen LogP contribution >= 0.6 is 0 Å². The minimum absolute atomic E-state index is 0.300. The Hall–Kier alpha value is -1.04.